The number of aromatic hydroxyl groups is 1. The maximum atomic E-state index is 14.5. The summed E-state index contributed by atoms with van der Waals surface area (Å²) in [5.41, 5.74) is 2.20. The van der Waals surface area contributed by atoms with E-state index in [2.05, 4.69) is 5.32 Å². The summed E-state index contributed by atoms with van der Waals surface area (Å²) >= 11 is 0. The van der Waals surface area contributed by atoms with Crippen LogP contribution in [0.3, 0.4) is 0 Å². The number of nitrogens with one attached hydrogen (secondary N) is 1. The van der Waals surface area contributed by atoms with Gasteiger partial charge in [0.05, 0.1) is 14.2 Å². The van der Waals surface area contributed by atoms with Crippen LogP contribution in [0.15, 0.2) is 72.8 Å². The van der Waals surface area contributed by atoms with Crippen molar-refractivity contribution in [3.63, 3.8) is 0 Å². The molecule has 0 spiro atoms. The number of methoxy groups -OCH3 is 2. The van der Waals surface area contributed by atoms with E-state index in [1.54, 1.807) is 95.4 Å². The van der Waals surface area contributed by atoms with E-state index in [-0.39, 0.29) is 18.6 Å². The first-order valence-corrected chi connectivity index (χ1v) is 19.4. The van der Waals surface area contributed by atoms with E-state index < -0.39 is 71.8 Å². The van der Waals surface area contributed by atoms with Crippen molar-refractivity contribution in [2.45, 2.75) is 83.6 Å². The minimum atomic E-state index is -1.22. The molecule has 0 aliphatic carbocycles. The molecule has 0 heterocycles. The minimum Gasteiger partial charge on any atom is -0.593 e. The summed E-state index contributed by atoms with van der Waals surface area (Å²) < 4.78 is 16.3. The second-order valence-electron chi connectivity index (χ2n) is 15.2. The summed E-state index contributed by atoms with van der Waals surface area (Å²) in [6.07, 6.45) is -0.295. The van der Waals surface area contributed by atoms with E-state index in [4.69, 9.17) is 19.3 Å². The number of hydrogen-bond donors (Lipinski definition) is 2. The van der Waals surface area contributed by atoms with Crippen molar-refractivity contribution in [1.29, 1.82) is 0 Å². The number of nitrogens with zero attached hydrogens (tertiary/aromatic N) is 3. The molecule has 0 aliphatic heterocycles. The number of hydrogen-bond acceptors (Lipinski definition) is 10. The number of phenols is 1. The molecule has 0 aliphatic rings. The van der Waals surface area contributed by atoms with Crippen LogP contribution in [0.2, 0.25) is 0 Å². The van der Waals surface area contributed by atoms with Gasteiger partial charge in [-0.1, -0.05) is 52.0 Å². The third kappa shape index (κ3) is 12.7. The number of esters is 2. The molecule has 4 N–H and O–H groups in total. The van der Waals surface area contributed by atoms with Gasteiger partial charge < -0.3 is 39.5 Å². The Bertz CT molecular complexity index is 1820. The molecule has 0 saturated carbocycles. The first-order chi connectivity index (χ1) is 27.4. The van der Waals surface area contributed by atoms with Gasteiger partial charge in [-0.2, -0.15) is 0 Å². The molecule has 316 valence electrons. The number of ether oxygens (including phenoxy) is 3. The zero-order valence-electron chi connectivity index (χ0n) is 35.4. The lowest BCUT2D eigenvalue weighted by atomic mass is 9.96. The Hall–Kier alpha value is -5.63. The van der Waals surface area contributed by atoms with Crippen molar-refractivity contribution in [3.8, 4) is 17.2 Å². The van der Waals surface area contributed by atoms with E-state index in [9.17, 15) is 29.1 Å². The number of rotatable bonds is 20. The third-order valence-electron chi connectivity index (χ3n) is 10.5. The fourth-order valence-corrected chi connectivity index (χ4v) is 6.44. The van der Waals surface area contributed by atoms with Crippen LogP contribution in [-0.4, -0.2) is 127 Å². The number of benzene rings is 3. The third-order valence-corrected chi connectivity index (χ3v) is 10.5. The van der Waals surface area contributed by atoms with Gasteiger partial charge in [0.1, 0.15) is 35.7 Å². The molecule has 3 aromatic rings. The maximum Gasteiger partial charge on any atom is 0.328 e. The van der Waals surface area contributed by atoms with E-state index >= 15 is 0 Å². The number of likely N-dealkylation sites (N-methyl/N-ethyl adjacent to an activating group) is 3. The van der Waals surface area contributed by atoms with Gasteiger partial charge in [-0.3, -0.25) is 24.1 Å². The number of carbonyl (C=O) groups is 5. The van der Waals surface area contributed by atoms with Crippen molar-refractivity contribution < 1.29 is 48.4 Å². The van der Waals surface area contributed by atoms with Crippen LogP contribution in [0.25, 0.3) is 0 Å². The van der Waals surface area contributed by atoms with Gasteiger partial charge in [-0.25, -0.2) is 4.79 Å². The topological polar surface area (TPSA) is 178 Å². The van der Waals surface area contributed by atoms with Gasteiger partial charge >= 0.3 is 11.9 Å². The lowest BCUT2D eigenvalue weighted by Gasteiger charge is -2.36. The predicted molar refractivity (Wildman–Crippen MR) is 220 cm³/mol. The van der Waals surface area contributed by atoms with Crippen LogP contribution in [-0.2, 0) is 52.7 Å². The molecule has 14 nitrogen and oxygen atoms in total. The fraction of sp³-hybridized carbons (Fsp3) is 0.477. The lowest BCUT2D eigenvalue weighted by molar-refractivity contribution is -0.164. The van der Waals surface area contributed by atoms with E-state index in [1.165, 1.54) is 43.1 Å². The molecule has 3 amide bonds. The van der Waals surface area contributed by atoms with Gasteiger partial charge in [-0.05, 0) is 85.9 Å². The molecule has 14 heteroatoms. The van der Waals surface area contributed by atoms with Crippen molar-refractivity contribution >= 4 is 29.7 Å². The van der Waals surface area contributed by atoms with E-state index in [0.29, 0.717) is 35.5 Å². The molecule has 0 fully saturated rings. The molecule has 0 radical (unpaired) electrons. The first-order valence-electron chi connectivity index (χ1n) is 19.4. The normalized spacial score (nSPS) is 14.3. The lowest BCUT2D eigenvalue weighted by Crippen LogP contribution is -2.59. The largest absolute Gasteiger partial charge is 0.593 e. The number of phenolic OH excluding ortho intramolecular Hbond substituents is 1. The molecular formula is C44H61N4O10+. The molecule has 0 bridgehead atoms. The smallest absolute Gasteiger partial charge is 0.328 e. The molecular weight excluding hydrogens is 745 g/mol. The summed E-state index contributed by atoms with van der Waals surface area (Å²) in [5.74, 6) is -2.91. The second kappa shape index (κ2) is 21.8. The van der Waals surface area contributed by atoms with Crippen LogP contribution in [0, 0.1) is 11.8 Å². The van der Waals surface area contributed by atoms with Gasteiger partial charge in [0.25, 0.3) is 11.7 Å². The van der Waals surface area contributed by atoms with E-state index in [0.717, 1.165) is 5.56 Å². The Labute approximate surface area is 342 Å². The zero-order valence-corrected chi connectivity index (χ0v) is 35.4. The quantitative estimate of drug-likeness (QED) is 0.126. The van der Waals surface area contributed by atoms with Crippen LogP contribution >= 0.6 is 0 Å². The second-order valence-corrected chi connectivity index (χ2v) is 15.2. The van der Waals surface area contributed by atoms with Crippen LogP contribution < -0.4 is 10.1 Å². The summed E-state index contributed by atoms with van der Waals surface area (Å²) in [4.78, 5) is 74.3. The fourth-order valence-electron chi connectivity index (χ4n) is 6.44. The number of carbonyl (C=O) groups excluding carboxylic acids is 5. The summed E-state index contributed by atoms with van der Waals surface area (Å²) in [6.45, 7) is 7.19. The van der Waals surface area contributed by atoms with Gasteiger partial charge in [0.15, 0.2) is 6.10 Å². The highest BCUT2D eigenvalue weighted by Crippen LogP contribution is 2.22. The standard InChI is InChI=1S/C44H60N4O10/c1-11-28(4)39(58-44(55)36(46(5)6)25-31-16-22-34(56-9)23-17-31)40(51)45-38(27(2)3)42(53)47(7)35(24-29-12-18-32(49)19-13-29)41(52)48(8)37(43(54)57-10)26-30-14-20-33(50)21-15-30/h12-23,27-28,35-39,49-50H,11,24-26H2,1-10H3,(H,45,51)/p+1. The Morgan fingerprint density at radius 1 is 0.690 bits per heavy atom. The summed E-state index contributed by atoms with van der Waals surface area (Å²) in [6, 6.07) is 16.0. The highest BCUT2D eigenvalue weighted by Gasteiger charge is 2.40. The molecule has 6 unspecified atom stereocenters. The van der Waals surface area contributed by atoms with Crippen molar-refractivity contribution in [3.05, 3.63) is 89.5 Å². The Balaban J connectivity index is 1.92. The molecule has 58 heavy (non-hydrogen) atoms. The molecule has 0 saturated heterocycles. The highest BCUT2D eigenvalue weighted by molar-refractivity contribution is 5.95. The van der Waals surface area contributed by atoms with Crippen LogP contribution in [0.5, 0.6) is 17.2 Å². The van der Waals surface area contributed by atoms with Crippen molar-refractivity contribution in [2.24, 2.45) is 11.8 Å². The Morgan fingerprint density at radius 2 is 1.17 bits per heavy atom. The monoisotopic (exact) mass is 805 g/mol. The van der Waals surface area contributed by atoms with Gasteiger partial charge in [-0.15, -0.1) is 0 Å². The molecule has 3 aromatic carbocycles. The Kier molecular flexibility index (Phi) is 17.5. The highest BCUT2D eigenvalue weighted by atomic mass is 16.6. The van der Waals surface area contributed by atoms with Gasteiger partial charge in [0, 0.05) is 45.0 Å². The first kappa shape index (κ1) is 46.8. The summed E-state index contributed by atoms with van der Waals surface area (Å²) in [5, 5.41) is 20.6. The summed E-state index contributed by atoms with van der Waals surface area (Å²) in [7, 11) is 9.25. The molecule has 3 rings (SSSR count). The maximum absolute atomic E-state index is 14.5. The average Bonchev–Trinajstić information content (AvgIpc) is 3.21. The van der Waals surface area contributed by atoms with Crippen molar-refractivity contribution in [1.82, 2.24) is 20.0 Å². The SMILES string of the molecule is CCC(C)C(OC(=O)C(Cc1ccc(OC)cc1)N(C)C)C(=O)NC(C(=O)N(C)C(Cc1ccc(O)cc1)C(=O)N(C)C(Cc1ccc([OH2+])cc1)C(=O)OC)C(C)C. The molecule has 0 aromatic heterocycles. The minimum absolute atomic E-state index is 0.0130. The molecule has 6 atom stereocenters. The number of amides is 3. The average molecular weight is 806 g/mol. The predicted octanol–water partition coefficient (Wildman–Crippen LogP) is 3.72. The van der Waals surface area contributed by atoms with Gasteiger partial charge in [0.2, 0.25) is 11.8 Å². The van der Waals surface area contributed by atoms with E-state index in [1.807, 2.05) is 19.1 Å². The van der Waals surface area contributed by atoms with Crippen LogP contribution in [0.1, 0.15) is 50.8 Å². The van der Waals surface area contributed by atoms with Crippen LogP contribution in [0.4, 0.5) is 0 Å². The van der Waals surface area contributed by atoms with Crippen molar-refractivity contribution in [2.75, 3.05) is 42.4 Å². The Morgan fingerprint density at radius 3 is 1.66 bits per heavy atom. The zero-order chi connectivity index (χ0) is 43.3.